The second kappa shape index (κ2) is 7.93. The first-order valence-electron chi connectivity index (χ1n) is 6.81. The van der Waals surface area contributed by atoms with Crippen LogP contribution in [0.5, 0.6) is 0 Å². The van der Waals surface area contributed by atoms with Crippen molar-refractivity contribution in [2.45, 2.75) is 40.0 Å². The smallest absolute Gasteiger partial charge is 0.123 e. The van der Waals surface area contributed by atoms with Crippen molar-refractivity contribution in [3.05, 3.63) is 35.6 Å². The number of hydrogen-bond donors (Lipinski definition) is 0. The maximum atomic E-state index is 12.9. The molecule has 0 aliphatic rings. The van der Waals surface area contributed by atoms with Crippen molar-refractivity contribution in [3.63, 3.8) is 0 Å². The molecule has 0 radical (unpaired) electrons. The summed E-state index contributed by atoms with van der Waals surface area (Å²) in [6.07, 6.45) is 3.56. The molecule has 18 heavy (non-hydrogen) atoms. The Hall–Kier alpha value is -0.370. The molecule has 0 aliphatic heterocycles. The highest BCUT2D eigenvalue weighted by Gasteiger charge is 2.14. The van der Waals surface area contributed by atoms with Crippen LogP contribution >= 0.6 is 15.9 Å². The number of hydrogen-bond acceptors (Lipinski definition) is 0. The standard InChI is InChI=1S/C16H24BrF/c1-12(2)8-13(3)9-15(11-17)10-14-4-6-16(18)7-5-14/h4-7,12-13,15H,8-11H2,1-3H3. The van der Waals surface area contributed by atoms with Gasteiger partial charge in [-0.15, -0.1) is 0 Å². The minimum atomic E-state index is -0.151. The van der Waals surface area contributed by atoms with Gasteiger partial charge in [-0.3, -0.25) is 0 Å². The van der Waals surface area contributed by atoms with Crippen molar-refractivity contribution < 1.29 is 4.39 Å². The average Bonchev–Trinajstić information content (AvgIpc) is 2.30. The van der Waals surface area contributed by atoms with Crippen molar-refractivity contribution in [2.24, 2.45) is 17.8 Å². The highest BCUT2D eigenvalue weighted by molar-refractivity contribution is 9.09. The van der Waals surface area contributed by atoms with Crippen molar-refractivity contribution in [3.8, 4) is 0 Å². The van der Waals surface area contributed by atoms with Crippen LogP contribution in [0.3, 0.4) is 0 Å². The second-order valence-electron chi connectivity index (χ2n) is 5.82. The summed E-state index contributed by atoms with van der Waals surface area (Å²) in [4.78, 5) is 0. The lowest BCUT2D eigenvalue weighted by Gasteiger charge is -2.20. The zero-order chi connectivity index (χ0) is 13.5. The fourth-order valence-corrected chi connectivity index (χ4v) is 3.12. The van der Waals surface area contributed by atoms with Crippen LogP contribution in [0.1, 0.15) is 39.2 Å². The summed E-state index contributed by atoms with van der Waals surface area (Å²) in [6, 6.07) is 6.91. The van der Waals surface area contributed by atoms with Gasteiger partial charge >= 0.3 is 0 Å². The van der Waals surface area contributed by atoms with E-state index < -0.39 is 0 Å². The first kappa shape index (κ1) is 15.7. The Labute approximate surface area is 119 Å². The predicted molar refractivity (Wildman–Crippen MR) is 80.6 cm³/mol. The van der Waals surface area contributed by atoms with Crippen LogP contribution in [0.2, 0.25) is 0 Å². The van der Waals surface area contributed by atoms with E-state index >= 15 is 0 Å². The minimum Gasteiger partial charge on any atom is -0.207 e. The van der Waals surface area contributed by atoms with Crippen LogP contribution in [-0.4, -0.2) is 5.33 Å². The van der Waals surface area contributed by atoms with Crippen LogP contribution in [0, 0.1) is 23.6 Å². The lowest BCUT2D eigenvalue weighted by molar-refractivity contribution is 0.358. The number of benzene rings is 1. The van der Waals surface area contributed by atoms with E-state index in [1.54, 1.807) is 12.1 Å². The second-order valence-corrected chi connectivity index (χ2v) is 6.47. The largest absolute Gasteiger partial charge is 0.207 e. The summed E-state index contributed by atoms with van der Waals surface area (Å²) >= 11 is 3.61. The number of alkyl halides is 1. The third-order valence-corrected chi connectivity index (χ3v) is 4.18. The van der Waals surface area contributed by atoms with Gasteiger partial charge in [0, 0.05) is 5.33 Å². The minimum absolute atomic E-state index is 0.151. The molecule has 2 atom stereocenters. The van der Waals surface area contributed by atoms with E-state index in [2.05, 4.69) is 36.7 Å². The lowest BCUT2D eigenvalue weighted by atomic mass is 9.87. The highest BCUT2D eigenvalue weighted by Crippen LogP contribution is 2.24. The van der Waals surface area contributed by atoms with Gasteiger partial charge in [0.1, 0.15) is 5.82 Å². The number of rotatable bonds is 7. The highest BCUT2D eigenvalue weighted by atomic mass is 79.9. The van der Waals surface area contributed by atoms with Gasteiger partial charge in [-0.2, -0.15) is 0 Å². The Morgan fingerprint density at radius 2 is 1.67 bits per heavy atom. The molecule has 2 unspecified atom stereocenters. The topological polar surface area (TPSA) is 0 Å². The van der Waals surface area contributed by atoms with Crippen molar-refractivity contribution in [1.29, 1.82) is 0 Å². The molecule has 0 nitrogen and oxygen atoms in total. The van der Waals surface area contributed by atoms with E-state index in [0.717, 1.165) is 23.6 Å². The molecule has 0 bridgehead atoms. The maximum Gasteiger partial charge on any atom is 0.123 e. The molecule has 1 aromatic rings. The fourth-order valence-electron chi connectivity index (χ4n) is 2.62. The van der Waals surface area contributed by atoms with Crippen LogP contribution in [0.25, 0.3) is 0 Å². The van der Waals surface area contributed by atoms with E-state index in [4.69, 9.17) is 0 Å². The molecule has 1 rings (SSSR count). The number of halogens is 2. The molecule has 0 amide bonds. The van der Waals surface area contributed by atoms with Crippen molar-refractivity contribution >= 4 is 15.9 Å². The molecule has 0 saturated carbocycles. The van der Waals surface area contributed by atoms with Crippen LogP contribution in [0.4, 0.5) is 4.39 Å². The Kier molecular flexibility index (Phi) is 6.91. The molecule has 0 N–H and O–H groups in total. The summed E-state index contributed by atoms with van der Waals surface area (Å²) in [5, 5.41) is 1.02. The van der Waals surface area contributed by atoms with E-state index in [1.807, 2.05) is 12.1 Å². The summed E-state index contributed by atoms with van der Waals surface area (Å²) < 4.78 is 12.9. The molecule has 0 heterocycles. The molecule has 1 aromatic carbocycles. The first-order chi connectivity index (χ1) is 8.51. The van der Waals surface area contributed by atoms with Gasteiger partial charge in [0.25, 0.3) is 0 Å². The van der Waals surface area contributed by atoms with Gasteiger partial charge in [0.05, 0.1) is 0 Å². The monoisotopic (exact) mass is 314 g/mol. The van der Waals surface area contributed by atoms with Gasteiger partial charge in [-0.25, -0.2) is 4.39 Å². The average molecular weight is 315 g/mol. The zero-order valence-corrected chi connectivity index (χ0v) is 13.2. The Morgan fingerprint density at radius 1 is 1.06 bits per heavy atom. The molecule has 0 aliphatic carbocycles. The van der Waals surface area contributed by atoms with Gasteiger partial charge < -0.3 is 0 Å². The molecule has 0 spiro atoms. The zero-order valence-electron chi connectivity index (χ0n) is 11.6. The summed E-state index contributed by atoms with van der Waals surface area (Å²) in [5.41, 5.74) is 1.23. The summed E-state index contributed by atoms with van der Waals surface area (Å²) in [5.74, 6) is 2.02. The molecular weight excluding hydrogens is 291 g/mol. The van der Waals surface area contributed by atoms with Gasteiger partial charge in [0.15, 0.2) is 0 Å². The molecule has 0 saturated heterocycles. The van der Waals surface area contributed by atoms with E-state index in [9.17, 15) is 4.39 Å². The van der Waals surface area contributed by atoms with E-state index in [1.165, 1.54) is 18.4 Å². The van der Waals surface area contributed by atoms with Gasteiger partial charge in [0.2, 0.25) is 0 Å². The van der Waals surface area contributed by atoms with Crippen LogP contribution in [0.15, 0.2) is 24.3 Å². The Morgan fingerprint density at radius 3 is 2.17 bits per heavy atom. The van der Waals surface area contributed by atoms with Gasteiger partial charge in [-0.05, 0) is 54.7 Å². The molecular formula is C16H24BrF. The van der Waals surface area contributed by atoms with Gasteiger partial charge in [-0.1, -0.05) is 48.8 Å². The Bertz CT molecular complexity index is 331. The molecule has 102 valence electrons. The molecule has 0 aromatic heterocycles. The normalized spacial score (nSPS) is 14.8. The third kappa shape index (κ3) is 5.99. The predicted octanol–water partition coefficient (Wildman–Crippen LogP) is 5.45. The SMILES string of the molecule is CC(C)CC(C)CC(CBr)Cc1ccc(F)cc1. The first-order valence-corrected chi connectivity index (χ1v) is 7.93. The van der Waals surface area contributed by atoms with Crippen LogP contribution < -0.4 is 0 Å². The van der Waals surface area contributed by atoms with Crippen molar-refractivity contribution in [2.75, 3.05) is 5.33 Å². The lowest BCUT2D eigenvalue weighted by Crippen LogP contribution is -2.12. The quantitative estimate of drug-likeness (QED) is 0.587. The fraction of sp³-hybridized carbons (Fsp3) is 0.625. The van der Waals surface area contributed by atoms with Crippen molar-refractivity contribution in [1.82, 2.24) is 0 Å². The maximum absolute atomic E-state index is 12.9. The Balaban J connectivity index is 2.48. The van der Waals surface area contributed by atoms with Crippen LogP contribution in [-0.2, 0) is 6.42 Å². The van der Waals surface area contributed by atoms with E-state index in [0.29, 0.717) is 5.92 Å². The summed E-state index contributed by atoms with van der Waals surface area (Å²) in [6.45, 7) is 6.89. The summed E-state index contributed by atoms with van der Waals surface area (Å²) in [7, 11) is 0. The molecule has 0 fully saturated rings. The molecule has 2 heteroatoms. The third-order valence-electron chi connectivity index (χ3n) is 3.27. The van der Waals surface area contributed by atoms with E-state index in [-0.39, 0.29) is 5.82 Å².